The molecule has 0 heterocycles. The third kappa shape index (κ3) is 9.58. The lowest BCUT2D eigenvalue weighted by Crippen LogP contribution is -2.13. The van der Waals surface area contributed by atoms with Crippen molar-refractivity contribution in [1.29, 1.82) is 0 Å². The molecule has 1 aliphatic rings. The number of carboxylic acid groups (broad SMARTS) is 1. The van der Waals surface area contributed by atoms with Crippen LogP contribution in [0.15, 0.2) is 72.8 Å². The molecular formula is C40H54O2. The summed E-state index contributed by atoms with van der Waals surface area (Å²) in [6.45, 7) is 4.42. The summed E-state index contributed by atoms with van der Waals surface area (Å²) in [4.78, 5) is 11.6. The highest BCUT2D eigenvalue weighted by atomic mass is 16.4. The molecular weight excluding hydrogens is 512 g/mol. The molecule has 226 valence electrons. The van der Waals surface area contributed by atoms with Crippen LogP contribution in [0.2, 0.25) is 0 Å². The van der Waals surface area contributed by atoms with Gasteiger partial charge in [0.2, 0.25) is 0 Å². The second kappa shape index (κ2) is 17.3. The summed E-state index contributed by atoms with van der Waals surface area (Å²) >= 11 is 0. The van der Waals surface area contributed by atoms with E-state index in [1.165, 1.54) is 97.6 Å². The van der Waals surface area contributed by atoms with Gasteiger partial charge in [0.15, 0.2) is 0 Å². The minimum absolute atomic E-state index is 0.206. The van der Waals surface area contributed by atoms with Crippen molar-refractivity contribution in [3.8, 4) is 22.3 Å². The zero-order valence-electron chi connectivity index (χ0n) is 26.3. The number of aliphatic carboxylic acids is 1. The van der Waals surface area contributed by atoms with Gasteiger partial charge in [-0.2, -0.15) is 0 Å². The molecule has 0 aliphatic heterocycles. The summed E-state index contributed by atoms with van der Waals surface area (Å²) in [5, 5.41) is 9.52. The van der Waals surface area contributed by atoms with Crippen molar-refractivity contribution in [2.45, 2.75) is 122 Å². The third-order valence-electron chi connectivity index (χ3n) is 9.72. The lowest BCUT2D eigenvalue weighted by atomic mass is 9.77. The Morgan fingerprint density at radius 2 is 1.26 bits per heavy atom. The fourth-order valence-corrected chi connectivity index (χ4v) is 6.99. The van der Waals surface area contributed by atoms with Crippen LogP contribution >= 0.6 is 0 Å². The van der Waals surface area contributed by atoms with Gasteiger partial charge in [-0.15, -0.1) is 0 Å². The first kappa shape index (κ1) is 32.1. The average Bonchev–Trinajstić information content (AvgIpc) is 3.03. The highest BCUT2D eigenvalue weighted by Gasteiger charge is 2.22. The van der Waals surface area contributed by atoms with Gasteiger partial charge in [0.05, 0.1) is 5.92 Å². The van der Waals surface area contributed by atoms with Crippen molar-refractivity contribution in [1.82, 2.24) is 0 Å². The number of carboxylic acids is 1. The summed E-state index contributed by atoms with van der Waals surface area (Å²) in [5.74, 6) is 0.824. The van der Waals surface area contributed by atoms with Crippen molar-refractivity contribution in [3.05, 3.63) is 83.9 Å². The van der Waals surface area contributed by atoms with E-state index in [2.05, 4.69) is 86.6 Å². The Morgan fingerprint density at radius 1 is 0.690 bits per heavy atom. The van der Waals surface area contributed by atoms with Crippen LogP contribution in [0.3, 0.4) is 0 Å². The molecule has 0 bridgehead atoms. The van der Waals surface area contributed by atoms with Crippen molar-refractivity contribution in [2.75, 3.05) is 0 Å². The molecule has 42 heavy (non-hydrogen) atoms. The zero-order valence-corrected chi connectivity index (χ0v) is 26.3. The molecule has 1 fully saturated rings. The fraction of sp³-hybridized carbons (Fsp3) is 0.525. The topological polar surface area (TPSA) is 37.3 Å². The van der Waals surface area contributed by atoms with Crippen molar-refractivity contribution in [3.63, 3.8) is 0 Å². The van der Waals surface area contributed by atoms with Gasteiger partial charge in [-0.25, -0.2) is 0 Å². The molecule has 0 saturated heterocycles. The van der Waals surface area contributed by atoms with E-state index in [4.69, 9.17) is 0 Å². The highest BCUT2D eigenvalue weighted by molar-refractivity contribution is 5.83. The van der Waals surface area contributed by atoms with E-state index in [0.717, 1.165) is 50.4 Å². The van der Waals surface area contributed by atoms with Gasteiger partial charge in [-0.1, -0.05) is 138 Å². The second-order valence-electron chi connectivity index (χ2n) is 12.9. The number of carbonyl (C=O) groups is 1. The van der Waals surface area contributed by atoms with E-state index in [-0.39, 0.29) is 5.92 Å². The summed E-state index contributed by atoms with van der Waals surface area (Å²) in [5.41, 5.74) is 7.86. The summed E-state index contributed by atoms with van der Waals surface area (Å²) < 4.78 is 0. The SMILES string of the molecule is CCCCCCC[C@H]1CC[C@H](c2ccc(-c3ccccc3-c3ccc(CCCC(CCCC)C(=O)O)cc3)cc2)CC1. The molecule has 2 nitrogen and oxygen atoms in total. The first-order chi connectivity index (χ1) is 20.6. The molecule has 2 heteroatoms. The van der Waals surface area contributed by atoms with Crippen LogP contribution in [0.1, 0.15) is 127 Å². The lowest BCUT2D eigenvalue weighted by Gasteiger charge is -2.29. The summed E-state index contributed by atoms with van der Waals surface area (Å²) in [7, 11) is 0. The molecule has 0 radical (unpaired) electrons. The predicted molar refractivity (Wildman–Crippen MR) is 179 cm³/mol. The Balaban J connectivity index is 1.32. The molecule has 1 atom stereocenters. The van der Waals surface area contributed by atoms with Crippen molar-refractivity contribution in [2.24, 2.45) is 11.8 Å². The molecule has 4 rings (SSSR count). The van der Waals surface area contributed by atoms with Gasteiger partial charge < -0.3 is 5.11 Å². The van der Waals surface area contributed by atoms with E-state index in [0.29, 0.717) is 0 Å². The number of aryl methyl sites for hydroxylation is 1. The van der Waals surface area contributed by atoms with Gasteiger partial charge in [0, 0.05) is 0 Å². The molecule has 1 unspecified atom stereocenters. The van der Waals surface area contributed by atoms with Crippen LogP contribution < -0.4 is 0 Å². The summed E-state index contributed by atoms with van der Waals surface area (Å²) in [6.07, 6.45) is 19.4. The molecule has 1 aliphatic carbocycles. The van der Waals surface area contributed by atoms with Gasteiger partial charge in [0.25, 0.3) is 0 Å². The van der Waals surface area contributed by atoms with Gasteiger partial charge in [0.1, 0.15) is 0 Å². The van der Waals surface area contributed by atoms with Crippen LogP contribution in [0.5, 0.6) is 0 Å². The van der Waals surface area contributed by atoms with Crippen molar-refractivity contribution < 1.29 is 9.90 Å². The summed E-state index contributed by atoms with van der Waals surface area (Å²) in [6, 6.07) is 27.1. The number of unbranched alkanes of at least 4 members (excludes halogenated alkanes) is 5. The number of hydrogen-bond acceptors (Lipinski definition) is 1. The maximum Gasteiger partial charge on any atom is 0.306 e. The Morgan fingerprint density at radius 3 is 1.86 bits per heavy atom. The van der Waals surface area contributed by atoms with E-state index < -0.39 is 5.97 Å². The molecule has 3 aromatic carbocycles. The number of benzene rings is 3. The molecule has 1 N–H and O–H groups in total. The minimum atomic E-state index is -0.640. The molecule has 3 aromatic rings. The Hall–Kier alpha value is -2.87. The number of rotatable bonds is 17. The number of hydrogen-bond donors (Lipinski definition) is 1. The fourth-order valence-electron chi connectivity index (χ4n) is 6.99. The standard InChI is InChI=1S/C40H54O2/c1-3-5-7-8-9-13-31-19-23-33(24-20-31)34-27-29-36(30-28-34)39-18-11-10-17-38(39)35-25-21-32(22-26-35)14-12-16-37(40(41)42)15-6-4-2/h10-11,17-18,21-22,25-31,33,37H,3-9,12-16,19-20,23-24H2,1-2H3,(H,41,42)/t31-,33-,37?. The van der Waals surface area contributed by atoms with E-state index in [1.54, 1.807) is 0 Å². The molecule has 1 saturated carbocycles. The van der Waals surface area contributed by atoms with Crippen molar-refractivity contribution >= 4 is 5.97 Å². The third-order valence-corrected chi connectivity index (χ3v) is 9.72. The van der Waals surface area contributed by atoms with Gasteiger partial charge in [-0.3, -0.25) is 4.79 Å². The quantitative estimate of drug-likeness (QED) is 0.165. The van der Waals surface area contributed by atoms with Gasteiger partial charge >= 0.3 is 5.97 Å². The molecule has 0 amide bonds. The Bertz CT molecular complexity index is 1190. The highest BCUT2D eigenvalue weighted by Crippen LogP contribution is 2.39. The second-order valence-corrected chi connectivity index (χ2v) is 12.9. The van der Waals surface area contributed by atoms with Crippen LogP contribution in [0, 0.1) is 11.8 Å². The smallest absolute Gasteiger partial charge is 0.306 e. The minimum Gasteiger partial charge on any atom is -0.481 e. The Labute approximate surface area is 256 Å². The van der Waals surface area contributed by atoms with Crippen LogP contribution in [0.25, 0.3) is 22.3 Å². The first-order valence-corrected chi connectivity index (χ1v) is 17.1. The van der Waals surface area contributed by atoms with Crippen LogP contribution in [0.4, 0.5) is 0 Å². The monoisotopic (exact) mass is 566 g/mol. The normalized spacial score (nSPS) is 17.7. The lowest BCUT2D eigenvalue weighted by molar-refractivity contribution is -0.142. The van der Waals surface area contributed by atoms with Crippen LogP contribution in [-0.4, -0.2) is 11.1 Å². The maximum absolute atomic E-state index is 11.6. The van der Waals surface area contributed by atoms with E-state index >= 15 is 0 Å². The largest absolute Gasteiger partial charge is 0.481 e. The zero-order chi connectivity index (χ0) is 29.6. The van der Waals surface area contributed by atoms with E-state index in [1.807, 2.05) is 0 Å². The Kier molecular flexibility index (Phi) is 13.2. The maximum atomic E-state index is 11.6. The van der Waals surface area contributed by atoms with Crippen LogP contribution in [-0.2, 0) is 11.2 Å². The molecule has 0 spiro atoms. The van der Waals surface area contributed by atoms with E-state index in [9.17, 15) is 9.90 Å². The first-order valence-electron chi connectivity index (χ1n) is 17.1. The average molecular weight is 567 g/mol. The van der Waals surface area contributed by atoms with Gasteiger partial charge in [-0.05, 0) is 96.6 Å². The molecule has 0 aromatic heterocycles. The predicted octanol–water partition coefficient (Wildman–Crippen LogP) is 11.9.